The van der Waals surface area contributed by atoms with Crippen LogP contribution in [-0.4, -0.2) is 55.5 Å². The summed E-state index contributed by atoms with van der Waals surface area (Å²) < 4.78 is 5.35. The quantitative estimate of drug-likeness (QED) is 0.513. The second-order valence-corrected chi connectivity index (χ2v) is 7.85. The molecule has 0 aliphatic heterocycles. The first-order valence-corrected chi connectivity index (χ1v) is 10.5. The molecule has 1 N–H and O–H groups in total. The summed E-state index contributed by atoms with van der Waals surface area (Å²) in [5.41, 5.74) is 3.61. The molecule has 6 nitrogen and oxygen atoms in total. The largest absolute Gasteiger partial charge is 0.375 e. The average molecular weight is 404 g/mol. The number of nitrogens with one attached hydrogen (secondary N) is 1. The standard InChI is InChI=1S/C21H33N5OS/c1-7-25(4)13-18-10-8-9-17(11-18)12-23-21(22-3)26(5)14-19-15-28-20(24-19)16(2)27-6/h8-11,15-16H,7,12-14H2,1-6H3,(H,22,23). The Hall–Kier alpha value is -1.96. The lowest BCUT2D eigenvalue weighted by Gasteiger charge is -2.21. The van der Waals surface area contributed by atoms with Crippen LogP contribution >= 0.6 is 11.3 Å². The monoisotopic (exact) mass is 403 g/mol. The van der Waals surface area contributed by atoms with Crippen molar-refractivity contribution in [2.75, 3.05) is 34.8 Å². The number of hydrogen-bond acceptors (Lipinski definition) is 5. The minimum absolute atomic E-state index is 0.0283. The highest BCUT2D eigenvalue weighted by Gasteiger charge is 2.12. The van der Waals surface area contributed by atoms with E-state index in [0.29, 0.717) is 6.54 Å². The van der Waals surface area contributed by atoms with Crippen LogP contribution in [0.4, 0.5) is 0 Å². The Morgan fingerprint density at radius 2 is 2.04 bits per heavy atom. The van der Waals surface area contributed by atoms with E-state index < -0.39 is 0 Å². The molecule has 1 heterocycles. The van der Waals surface area contributed by atoms with Crippen LogP contribution in [0.5, 0.6) is 0 Å². The van der Waals surface area contributed by atoms with Crippen molar-refractivity contribution in [3.05, 3.63) is 51.5 Å². The average Bonchev–Trinajstić information content (AvgIpc) is 3.16. The molecule has 28 heavy (non-hydrogen) atoms. The molecule has 0 spiro atoms. The summed E-state index contributed by atoms with van der Waals surface area (Å²) in [6, 6.07) is 8.70. The van der Waals surface area contributed by atoms with Crippen LogP contribution in [0.15, 0.2) is 34.6 Å². The van der Waals surface area contributed by atoms with Crippen LogP contribution in [0.25, 0.3) is 0 Å². The molecule has 1 atom stereocenters. The number of aliphatic imine (C=N–C) groups is 1. The molecule has 0 amide bonds. The molecule has 154 valence electrons. The zero-order valence-corrected chi connectivity index (χ0v) is 18.7. The van der Waals surface area contributed by atoms with E-state index in [4.69, 9.17) is 4.74 Å². The first kappa shape index (κ1) is 22.3. The smallest absolute Gasteiger partial charge is 0.194 e. The van der Waals surface area contributed by atoms with Crippen LogP contribution in [0.2, 0.25) is 0 Å². The first-order valence-electron chi connectivity index (χ1n) is 9.62. The maximum Gasteiger partial charge on any atom is 0.194 e. The molecule has 0 saturated heterocycles. The molecule has 0 fully saturated rings. The number of guanidine groups is 1. The number of methoxy groups -OCH3 is 1. The van der Waals surface area contributed by atoms with Gasteiger partial charge in [-0.1, -0.05) is 31.2 Å². The zero-order chi connectivity index (χ0) is 20.5. The van der Waals surface area contributed by atoms with Gasteiger partial charge in [-0.05, 0) is 31.6 Å². The van der Waals surface area contributed by atoms with Gasteiger partial charge in [-0.2, -0.15) is 0 Å². The van der Waals surface area contributed by atoms with E-state index in [1.54, 1.807) is 18.4 Å². The second kappa shape index (κ2) is 11.1. The number of ether oxygens (including phenoxy) is 1. The van der Waals surface area contributed by atoms with Gasteiger partial charge >= 0.3 is 0 Å². The maximum absolute atomic E-state index is 5.35. The first-order chi connectivity index (χ1) is 13.5. The Bertz CT molecular complexity index is 761. The molecule has 1 aromatic heterocycles. The third kappa shape index (κ3) is 6.58. The maximum atomic E-state index is 5.35. The van der Waals surface area contributed by atoms with Crippen molar-refractivity contribution in [1.82, 2.24) is 20.1 Å². The molecule has 0 bridgehead atoms. The molecular weight excluding hydrogens is 370 g/mol. The van der Waals surface area contributed by atoms with E-state index >= 15 is 0 Å². The van der Waals surface area contributed by atoms with Crippen LogP contribution in [0.1, 0.15) is 41.8 Å². The third-order valence-electron chi connectivity index (χ3n) is 4.68. The molecule has 1 aromatic carbocycles. The van der Waals surface area contributed by atoms with Gasteiger partial charge in [-0.15, -0.1) is 11.3 Å². The molecule has 0 aliphatic carbocycles. The van der Waals surface area contributed by atoms with Crippen molar-refractivity contribution in [3.8, 4) is 0 Å². The summed E-state index contributed by atoms with van der Waals surface area (Å²) in [6.45, 7) is 7.63. The summed E-state index contributed by atoms with van der Waals surface area (Å²) in [4.78, 5) is 13.5. The van der Waals surface area contributed by atoms with Crippen LogP contribution < -0.4 is 5.32 Å². The summed E-state index contributed by atoms with van der Waals surface area (Å²) in [5.74, 6) is 0.852. The lowest BCUT2D eigenvalue weighted by Crippen LogP contribution is -2.38. The fourth-order valence-electron chi connectivity index (χ4n) is 2.83. The van der Waals surface area contributed by atoms with E-state index in [0.717, 1.165) is 36.3 Å². The second-order valence-electron chi connectivity index (χ2n) is 6.96. The molecule has 2 aromatic rings. The van der Waals surface area contributed by atoms with E-state index in [-0.39, 0.29) is 6.10 Å². The van der Waals surface area contributed by atoms with Crippen molar-refractivity contribution in [3.63, 3.8) is 0 Å². The van der Waals surface area contributed by atoms with E-state index in [1.165, 1.54) is 11.1 Å². The molecule has 0 saturated carbocycles. The summed E-state index contributed by atoms with van der Waals surface area (Å²) in [6.07, 6.45) is 0.0283. The number of nitrogens with zero attached hydrogens (tertiary/aromatic N) is 4. The van der Waals surface area contributed by atoms with Crippen LogP contribution in [0, 0.1) is 0 Å². The van der Waals surface area contributed by atoms with Crippen molar-refractivity contribution >= 4 is 17.3 Å². The molecule has 1 unspecified atom stereocenters. The van der Waals surface area contributed by atoms with Gasteiger partial charge in [0.05, 0.1) is 12.2 Å². The van der Waals surface area contributed by atoms with Gasteiger partial charge in [0.1, 0.15) is 11.1 Å². The van der Waals surface area contributed by atoms with Crippen LogP contribution in [-0.2, 0) is 24.4 Å². The predicted molar refractivity (Wildman–Crippen MR) is 118 cm³/mol. The lowest BCUT2D eigenvalue weighted by molar-refractivity contribution is 0.119. The summed E-state index contributed by atoms with van der Waals surface area (Å²) in [7, 11) is 7.68. The van der Waals surface area contributed by atoms with Crippen molar-refractivity contribution < 1.29 is 4.74 Å². The summed E-state index contributed by atoms with van der Waals surface area (Å²) >= 11 is 1.63. The highest BCUT2D eigenvalue weighted by atomic mass is 32.1. The Morgan fingerprint density at radius 3 is 2.71 bits per heavy atom. The SMILES string of the molecule is CCN(C)Cc1cccc(CNC(=NC)N(C)Cc2csc(C(C)OC)n2)c1. The molecular formula is C21H33N5OS. The van der Waals surface area contributed by atoms with Crippen molar-refractivity contribution in [2.45, 2.75) is 39.6 Å². The normalized spacial score (nSPS) is 13.0. The number of hydrogen-bond donors (Lipinski definition) is 1. The minimum Gasteiger partial charge on any atom is -0.375 e. The highest BCUT2D eigenvalue weighted by Crippen LogP contribution is 2.21. The molecule has 2 rings (SSSR count). The topological polar surface area (TPSA) is 53.0 Å². The minimum atomic E-state index is 0.0283. The van der Waals surface area contributed by atoms with E-state index in [9.17, 15) is 0 Å². The van der Waals surface area contributed by atoms with Crippen LogP contribution in [0.3, 0.4) is 0 Å². The van der Waals surface area contributed by atoms with Gasteiger partial charge in [0, 0.05) is 39.7 Å². The van der Waals surface area contributed by atoms with Crippen molar-refractivity contribution in [1.29, 1.82) is 0 Å². The predicted octanol–water partition coefficient (Wildman–Crippen LogP) is 3.51. The van der Waals surface area contributed by atoms with E-state index in [2.05, 4.69) is 68.7 Å². The lowest BCUT2D eigenvalue weighted by atomic mass is 10.1. The Morgan fingerprint density at radius 1 is 1.29 bits per heavy atom. The fourth-order valence-corrected chi connectivity index (χ4v) is 3.67. The molecule has 0 aliphatic rings. The van der Waals surface area contributed by atoms with Gasteiger partial charge in [-0.3, -0.25) is 4.99 Å². The van der Waals surface area contributed by atoms with Gasteiger partial charge in [0.15, 0.2) is 5.96 Å². The Kier molecular flexibility index (Phi) is 8.89. The van der Waals surface area contributed by atoms with Gasteiger partial charge in [0.2, 0.25) is 0 Å². The highest BCUT2D eigenvalue weighted by molar-refractivity contribution is 7.09. The third-order valence-corrected chi connectivity index (χ3v) is 5.73. The van der Waals surface area contributed by atoms with Gasteiger partial charge in [0.25, 0.3) is 0 Å². The van der Waals surface area contributed by atoms with Gasteiger partial charge < -0.3 is 19.9 Å². The molecule has 0 radical (unpaired) electrons. The van der Waals surface area contributed by atoms with E-state index in [1.807, 2.05) is 21.0 Å². The zero-order valence-electron chi connectivity index (χ0n) is 17.9. The molecule has 7 heteroatoms. The number of aromatic nitrogens is 1. The number of benzene rings is 1. The number of thiazole rings is 1. The van der Waals surface area contributed by atoms with Crippen molar-refractivity contribution in [2.24, 2.45) is 4.99 Å². The Balaban J connectivity index is 1.93. The van der Waals surface area contributed by atoms with Gasteiger partial charge in [-0.25, -0.2) is 4.98 Å². The fraction of sp³-hybridized carbons (Fsp3) is 0.524. The Labute approximate surface area is 173 Å². The summed E-state index contributed by atoms with van der Waals surface area (Å²) in [5, 5.41) is 6.54. The number of rotatable bonds is 9.